The van der Waals surface area contributed by atoms with E-state index in [1.54, 1.807) is 18.2 Å². The van der Waals surface area contributed by atoms with Crippen LogP contribution in [0.15, 0.2) is 36.7 Å². The lowest BCUT2D eigenvalue weighted by atomic mass is 9.96. The highest BCUT2D eigenvalue weighted by Gasteiger charge is 2.43. The summed E-state index contributed by atoms with van der Waals surface area (Å²) in [6.45, 7) is 1.17. The second-order valence-electron chi connectivity index (χ2n) is 9.05. The fraction of sp³-hybridized carbons (Fsp3) is 0.269. The van der Waals surface area contributed by atoms with Crippen LogP contribution in [0.3, 0.4) is 0 Å². The van der Waals surface area contributed by atoms with Crippen LogP contribution in [0.1, 0.15) is 18.4 Å². The fourth-order valence-corrected chi connectivity index (χ4v) is 5.75. The van der Waals surface area contributed by atoms with Gasteiger partial charge in [0.2, 0.25) is 5.88 Å². The van der Waals surface area contributed by atoms with Gasteiger partial charge in [0.15, 0.2) is 5.82 Å². The number of halogens is 2. The number of nitrogens with zero attached hydrogens (tertiary/aromatic N) is 4. The third kappa shape index (κ3) is 2.62. The summed E-state index contributed by atoms with van der Waals surface area (Å²) in [5.41, 5.74) is 0.627. The second kappa shape index (κ2) is 7.08. The number of benzene rings is 2. The maximum absolute atomic E-state index is 16.1. The summed E-state index contributed by atoms with van der Waals surface area (Å²) in [5.74, 6) is 2.19. The van der Waals surface area contributed by atoms with Crippen LogP contribution >= 0.6 is 0 Å². The molecule has 2 aromatic carbocycles. The number of nitrogens with one attached hydrogen (secondary N) is 1. The number of hydrogen-bond acceptors (Lipinski definition) is 6. The number of hydrogen-bond donors (Lipinski definition) is 1. The molecule has 1 N–H and O–H groups in total. The first-order valence-electron chi connectivity index (χ1n) is 11.3. The quantitative estimate of drug-likeness (QED) is 0.441. The number of anilines is 1. The third-order valence-corrected chi connectivity index (χ3v) is 7.29. The summed E-state index contributed by atoms with van der Waals surface area (Å²) in [6.07, 6.45) is 9.17. The molecule has 34 heavy (non-hydrogen) atoms. The van der Waals surface area contributed by atoms with Crippen molar-refractivity contribution in [1.82, 2.24) is 20.3 Å². The largest absolute Gasteiger partial charge is 0.475 e. The minimum absolute atomic E-state index is 0.0272. The summed E-state index contributed by atoms with van der Waals surface area (Å²) >= 11 is 0. The first kappa shape index (κ1) is 19.6. The topological polar surface area (TPSA) is 63.2 Å². The molecule has 0 radical (unpaired) electrons. The van der Waals surface area contributed by atoms with Gasteiger partial charge >= 0.3 is 0 Å². The Bertz CT molecular complexity index is 1550. The molecule has 0 saturated carbocycles. The van der Waals surface area contributed by atoms with Crippen LogP contribution in [0.5, 0.6) is 5.88 Å². The zero-order valence-electron chi connectivity index (χ0n) is 18.1. The summed E-state index contributed by atoms with van der Waals surface area (Å²) in [6, 6.07) is 8.94. The molecule has 0 aliphatic carbocycles. The predicted octanol–water partition coefficient (Wildman–Crippen LogP) is 3.81. The van der Waals surface area contributed by atoms with Gasteiger partial charge in [-0.3, -0.25) is 0 Å². The van der Waals surface area contributed by atoms with E-state index in [-0.39, 0.29) is 34.7 Å². The molecule has 0 amide bonds. The Kier molecular flexibility index (Phi) is 4.09. The van der Waals surface area contributed by atoms with Gasteiger partial charge in [-0.05, 0) is 24.3 Å². The number of rotatable bonds is 1. The lowest BCUT2D eigenvalue weighted by molar-refractivity contribution is 0.238. The predicted molar refractivity (Wildman–Crippen MR) is 125 cm³/mol. The average molecular weight is 455 g/mol. The van der Waals surface area contributed by atoms with E-state index in [4.69, 9.17) is 11.2 Å². The highest BCUT2D eigenvalue weighted by Crippen LogP contribution is 2.42. The Morgan fingerprint density at radius 3 is 2.91 bits per heavy atom. The highest BCUT2D eigenvalue weighted by atomic mass is 19.1. The standard InChI is InChI=1S/C26H19F2N5O/c1-2-15-17(27)8-6-13-4-3-5-16(20(13)15)23-22(28)24-21-25(30-12-29-24)33-10-14-7-9-18(31-14)19(33)11-34-26(21)32-23/h1,3-6,8,12,14,18-19,31H,7,9-11H2. The zero-order chi connectivity index (χ0) is 23.0. The van der Waals surface area contributed by atoms with E-state index < -0.39 is 11.6 Å². The molecule has 3 aliphatic heterocycles. The fourth-order valence-electron chi connectivity index (χ4n) is 5.75. The molecule has 5 heterocycles. The van der Waals surface area contributed by atoms with E-state index >= 15 is 4.39 Å². The molecule has 4 aromatic rings. The average Bonchev–Trinajstić information content (AvgIpc) is 3.17. The van der Waals surface area contributed by atoms with E-state index in [1.165, 1.54) is 12.4 Å². The second-order valence-corrected chi connectivity index (χ2v) is 9.05. The Morgan fingerprint density at radius 1 is 1.12 bits per heavy atom. The molecule has 2 bridgehead atoms. The molecule has 0 spiro atoms. The summed E-state index contributed by atoms with van der Waals surface area (Å²) in [7, 11) is 0. The number of terminal acetylenes is 1. The van der Waals surface area contributed by atoms with E-state index in [0.717, 1.165) is 19.4 Å². The molecule has 6 nitrogen and oxygen atoms in total. The van der Waals surface area contributed by atoms with Crippen LogP contribution < -0.4 is 15.0 Å². The highest BCUT2D eigenvalue weighted by molar-refractivity contribution is 6.03. The zero-order valence-corrected chi connectivity index (χ0v) is 18.1. The molecule has 7 rings (SSSR count). The number of fused-ring (bicyclic) bond motifs is 6. The van der Waals surface area contributed by atoms with Crippen LogP contribution in [-0.4, -0.2) is 46.2 Å². The van der Waals surface area contributed by atoms with Gasteiger partial charge in [0, 0.05) is 29.6 Å². The third-order valence-electron chi connectivity index (χ3n) is 7.29. The summed E-state index contributed by atoms with van der Waals surface area (Å²) in [4.78, 5) is 15.6. The minimum Gasteiger partial charge on any atom is -0.475 e. The molecular weight excluding hydrogens is 436 g/mol. The van der Waals surface area contributed by atoms with E-state index in [9.17, 15) is 4.39 Å². The van der Waals surface area contributed by atoms with Crippen molar-refractivity contribution in [1.29, 1.82) is 0 Å². The van der Waals surface area contributed by atoms with Crippen molar-refractivity contribution in [3.05, 3.63) is 53.9 Å². The van der Waals surface area contributed by atoms with Gasteiger partial charge in [0.25, 0.3) is 0 Å². The molecule has 3 unspecified atom stereocenters. The molecule has 2 saturated heterocycles. The summed E-state index contributed by atoms with van der Waals surface area (Å²) in [5, 5.41) is 5.25. The van der Waals surface area contributed by atoms with Crippen LogP contribution in [0, 0.1) is 24.0 Å². The Balaban J connectivity index is 1.50. The van der Waals surface area contributed by atoms with Crippen LogP contribution in [-0.2, 0) is 0 Å². The molecular formula is C26H19F2N5O. The SMILES string of the molecule is C#Cc1c(F)ccc2cccc(-c3nc4c5c(ncnc5c3F)N3CC5CCC(N5)C3CO4)c12. The summed E-state index contributed by atoms with van der Waals surface area (Å²) < 4.78 is 36.8. The Hall–Kier alpha value is -3.83. The van der Waals surface area contributed by atoms with E-state index in [0.29, 0.717) is 40.2 Å². The number of aromatic nitrogens is 3. The normalized spacial score (nSPS) is 22.9. The van der Waals surface area contributed by atoms with Crippen molar-refractivity contribution in [2.24, 2.45) is 0 Å². The molecule has 3 aliphatic rings. The van der Waals surface area contributed by atoms with Gasteiger partial charge in [-0.25, -0.2) is 23.7 Å². The van der Waals surface area contributed by atoms with E-state index in [1.807, 2.05) is 6.07 Å². The van der Waals surface area contributed by atoms with Crippen LogP contribution in [0.4, 0.5) is 14.6 Å². The lowest BCUT2D eigenvalue weighted by Gasteiger charge is -2.40. The van der Waals surface area contributed by atoms with Crippen molar-refractivity contribution < 1.29 is 13.5 Å². The monoisotopic (exact) mass is 455 g/mol. The van der Waals surface area contributed by atoms with Gasteiger partial charge in [0.05, 0.1) is 11.6 Å². The van der Waals surface area contributed by atoms with Gasteiger partial charge in [0.1, 0.15) is 41.2 Å². The maximum Gasteiger partial charge on any atom is 0.227 e. The van der Waals surface area contributed by atoms with Crippen molar-refractivity contribution in [2.75, 3.05) is 18.1 Å². The molecule has 168 valence electrons. The van der Waals surface area contributed by atoms with Gasteiger partial charge in [-0.2, -0.15) is 0 Å². The lowest BCUT2D eigenvalue weighted by Crippen LogP contribution is -2.60. The maximum atomic E-state index is 16.1. The van der Waals surface area contributed by atoms with Gasteiger partial charge in [-0.1, -0.05) is 30.2 Å². The molecule has 2 fully saturated rings. The Morgan fingerprint density at radius 2 is 2.03 bits per heavy atom. The molecule has 2 aromatic heterocycles. The van der Waals surface area contributed by atoms with Crippen molar-refractivity contribution >= 4 is 27.5 Å². The van der Waals surface area contributed by atoms with Gasteiger partial charge in [-0.15, -0.1) is 6.42 Å². The molecule has 3 atom stereocenters. The molecule has 8 heteroatoms. The number of pyridine rings is 1. The number of ether oxygens (including phenoxy) is 1. The smallest absolute Gasteiger partial charge is 0.227 e. The van der Waals surface area contributed by atoms with Gasteiger partial charge < -0.3 is 15.0 Å². The van der Waals surface area contributed by atoms with Crippen LogP contribution in [0.2, 0.25) is 0 Å². The Labute approximate surface area is 194 Å². The van der Waals surface area contributed by atoms with Crippen molar-refractivity contribution in [3.8, 4) is 29.5 Å². The first-order chi connectivity index (χ1) is 16.6. The first-order valence-corrected chi connectivity index (χ1v) is 11.3. The van der Waals surface area contributed by atoms with Crippen molar-refractivity contribution in [2.45, 2.75) is 31.0 Å². The number of piperazine rings is 1. The minimum atomic E-state index is -0.609. The van der Waals surface area contributed by atoms with Crippen molar-refractivity contribution in [3.63, 3.8) is 0 Å². The van der Waals surface area contributed by atoms with E-state index in [2.05, 4.69) is 31.1 Å². The van der Waals surface area contributed by atoms with Crippen LogP contribution in [0.25, 0.3) is 32.9 Å².